The Labute approximate surface area is 187 Å². The molecule has 1 aromatic heterocycles. The van der Waals surface area contributed by atoms with Gasteiger partial charge in [-0.2, -0.15) is 0 Å². The summed E-state index contributed by atoms with van der Waals surface area (Å²) in [7, 11) is 1.60. The predicted molar refractivity (Wildman–Crippen MR) is 123 cm³/mol. The van der Waals surface area contributed by atoms with Gasteiger partial charge in [0.25, 0.3) is 5.91 Å². The number of hydrogen-bond acceptors (Lipinski definition) is 5. The van der Waals surface area contributed by atoms with Crippen molar-refractivity contribution in [1.82, 2.24) is 9.88 Å². The summed E-state index contributed by atoms with van der Waals surface area (Å²) in [6, 6.07) is 17.2. The molecule has 166 valence electrons. The van der Waals surface area contributed by atoms with E-state index in [-0.39, 0.29) is 17.7 Å². The van der Waals surface area contributed by atoms with Gasteiger partial charge in [-0.05, 0) is 41.8 Å². The molecule has 0 unspecified atom stereocenters. The van der Waals surface area contributed by atoms with E-state index in [1.807, 2.05) is 47.4 Å². The smallest absolute Gasteiger partial charge is 0.254 e. The summed E-state index contributed by atoms with van der Waals surface area (Å²) in [5, 5.41) is 4.94. The van der Waals surface area contributed by atoms with Crippen LogP contribution in [0.3, 0.4) is 0 Å². The van der Waals surface area contributed by atoms with Gasteiger partial charge < -0.3 is 19.7 Å². The minimum Gasteiger partial charge on any atom is -0.474 e. The first-order chi connectivity index (χ1) is 15.7. The maximum Gasteiger partial charge on any atom is 0.254 e. The van der Waals surface area contributed by atoms with E-state index in [9.17, 15) is 9.59 Å². The third-order valence-corrected chi connectivity index (χ3v) is 5.73. The highest BCUT2D eigenvalue weighted by Gasteiger charge is 2.29. The minimum absolute atomic E-state index is 0.0155. The number of benzene rings is 2. The first-order valence-corrected chi connectivity index (χ1v) is 10.8. The molecular weight excluding hydrogens is 406 g/mol. The fourth-order valence-electron chi connectivity index (χ4n) is 3.98. The van der Waals surface area contributed by atoms with Gasteiger partial charge in [-0.25, -0.2) is 4.98 Å². The highest BCUT2D eigenvalue weighted by molar-refractivity contribution is 6.07. The number of nitrogens with one attached hydrogen (secondary N) is 1. The Kier molecular flexibility index (Phi) is 6.97. The van der Waals surface area contributed by atoms with Crippen LogP contribution in [-0.4, -0.2) is 55.1 Å². The van der Waals surface area contributed by atoms with Gasteiger partial charge in [-0.1, -0.05) is 36.4 Å². The van der Waals surface area contributed by atoms with Crippen LogP contribution in [-0.2, 0) is 9.53 Å². The van der Waals surface area contributed by atoms with Crippen LogP contribution in [0.4, 0.5) is 5.69 Å². The fraction of sp³-hybridized carbons (Fsp3) is 0.320. The number of nitrogens with zero attached hydrogens (tertiary/aromatic N) is 2. The number of aromatic nitrogens is 1. The zero-order valence-electron chi connectivity index (χ0n) is 18.1. The molecule has 0 atom stereocenters. The number of methoxy groups -OCH3 is 1. The molecule has 1 fully saturated rings. The number of fused-ring (bicyclic) bond motifs is 1. The van der Waals surface area contributed by atoms with Crippen LogP contribution in [0, 0.1) is 5.92 Å². The first kappa shape index (κ1) is 21.8. The van der Waals surface area contributed by atoms with Gasteiger partial charge in [0.05, 0.1) is 6.61 Å². The van der Waals surface area contributed by atoms with Gasteiger partial charge in [0.2, 0.25) is 11.8 Å². The summed E-state index contributed by atoms with van der Waals surface area (Å²) in [5.41, 5.74) is 1.25. The van der Waals surface area contributed by atoms with Crippen LogP contribution in [0.25, 0.3) is 10.8 Å². The van der Waals surface area contributed by atoms with E-state index in [1.165, 1.54) is 0 Å². The average molecular weight is 434 g/mol. The van der Waals surface area contributed by atoms with Crippen LogP contribution in [0.15, 0.2) is 60.8 Å². The number of anilines is 1. The van der Waals surface area contributed by atoms with Crippen molar-refractivity contribution in [2.45, 2.75) is 12.8 Å². The molecule has 1 saturated heterocycles. The van der Waals surface area contributed by atoms with Crippen LogP contribution in [0.2, 0.25) is 0 Å². The van der Waals surface area contributed by atoms with E-state index in [2.05, 4.69) is 10.3 Å². The van der Waals surface area contributed by atoms with Gasteiger partial charge in [0, 0.05) is 37.9 Å². The summed E-state index contributed by atoms with van der Waals surface area (Å²) in [5.74, 6) is 0.147. The molecule has 7 heteroatoms. The number of carbonyl (C=O) groups excluding carboxylic acids is 2. The molecule has 1 N–H and O–H groups in total. The lowest BCUT2D eigenvalue weighted by Gasteiger charge is -2.31. The van der Waals surface area contributed by atoms with Gasteiger partial charge in [0.15, 0.2) is 0 Å². The molecule has 0 saturated carbocycles. The number of hydrogen-bond donors (Lipinski definition) is 1. The van der Waals surface area contributed by atoms with Crippen LogP contribution in [0.5, 0.6) is 5.88 Å². The fourth-order valence-corrected chi connectivity index (χ4v) is 3.98. The van der Waals surface area contributed by atoms with Crippen molar-refractivity contribution in [2.75, 3.05) is 38.7 Å². The van der Waals surface area contributed by atoms with E-state index in [0.717, 1.165) is 10.8 Å². The van der Waals surface area contributed by atoms with E-state index >= 15 is 0 Å². The van der Waals surface area contributed by atoms with Gasteiger partial charge in [0.1, 0.15) is 12.3 Å². The molecular formula is C25H27N3O4. The summed E-state index contributed by atoms with van der Waals surface area (Å²) in [6.07, 6.45) is 2.85. The van der Waals surface area contributed by atoms with Crippen molar-refractivity contribution in [1.29, 1.82) is 0 Å². The molecule has 4 rings (SSSR count). The van der Waals surface area contributed by atoms with E-state index in [0.29, 0.717) is 56.3 Å². The molecule has 32 heavy (non-hydrogen) atoms. The number of likely N-dealkylation sites (tertiary alicyclic amines) is 1. The quantitative estimate of drug-likeness (QED) is 0.574. The second-order valence-corrected chi connectivity index (χ2v) is 7.78. The van der Waals surface area contributed by atoms with Crippen molar-refractivity contribution in [3.8, 4) is 5.88 Å². The summed E-state index contributed by atoms with van der Waals surface area (Å²) in [6.45, 7) is 1.88. The molecule has 2 amide bonds. The van der Waals surface area contributed by atoms with E-state index in [1.54, 1.807) is 25.4 Å². The lowest BCUT2D eigenvalue weighted by Crippen LogP contribution is -2.41. The highest BCUT2D eigenvalue weighted by Crippen LogP contribution is 2.26. The SMILES string of the molecule is COCCOc1ncccc1NC(=O)C1CCN(C(=O)c2cccc3ccccc23)CC1. The molecule has 1 aliphatic heterocycles. The van der Waals surface area contributed by atoms with Crippen molar-refractivity contribution in [3.05, 3.63) is 66.4 Å². The molecule has 1 aliphatic rings. The largest absolute Gasteiger partial charge is 0.474 e. The predicted octanol–water partition coefficient (Wildman–Crippen LogP) is 3.75. The standard InChI is InChI=1S/C25H27N3O4/c1-31-16-17-32-24-22(10-5-13-26-24)27-23(29)19-11-14-28(15-12-19)25(30)21-9-4-7-18-6-2-3-8-20(18)21/h2-10,13,19H,11-12,14-17H2,1H3,(H,27,29). The van der Waals surface area contributed by atoms with Crippen LogP contribution >= 0.6 is 0 Å². The number of pyridine rings is 1. The van der Waals surface area contributed by atoms with Crippen LogP contribution < -0.4 is 10.1 Å². The Morgan fingerprint density at radius 2 is 1.81 bits per heavy atom. The number of ether oxygens (including phenoxy) is 2. The minimum atomic E-state index is -0.168. The Balaban J connectivity index is 1.37. The average Bonchev–Trinajstić information content (AvgIpc) is 2.84. The van der Waals surface area contributed by atoms with E-state index in [4.69, 9.17) is 9.47 Å². The molecule has 2 aromatic carbocycles. The number of rotatable bonds is 7. The maximum absolute atomic E-state index is 13.1. The molecule has 3 aromatic rings. The van der Waals surface area contributed by atoms with Gasteiger partial charge in [-0.3, -0.25) is 9.59 Å². The topological polar surface area (TPSA) is 80.8 Å². The maximum atomic E-state index is 13.1. The summed E-state index contributed by atoms with van der Waals surface area (Å²) < 4.78 is 10.6. The third-order valence-electron chi connectivity index (χ3n) is 5.73. The number of amides is 2. The second-order valence-electron chi connectivity index (χ2n) is 7.78. The number of piperidine rings is 1. The summed E-state index contributed by atoms with van der Waals surface area (Å²) in [4.78, 5) is 32.0. The lowest BCUT2D eigenvalue weighted by molar-refractivity contribution is -0.121. The first-order valence-electron chi connectivity index (χ1n) is 10.8. The zero-order valence-corrected chi connectivity index (χ0v) is 18.1. The molecule has 2 heterocycles. The molecule has 0 bridgehead atoms. The monoisotopic (exact) mass is 433 g/mol. The van der Waals surface area contributed by atoms with Crippen molar-refractivity contribution < 1.29 is 19.1 Å². The molecule has 0 radical (unpaired) electrons. The second kappa shape index (κ2) is 10.2. The lowest BCUT2D eigenvalue weighted by atomic mass is 9.94. The summed E-state index contributed by atoms with van der Waals surface area (Å²) >= 11 is 0. The van der Waals surface area contributed by atoms with Crippen molar-refractivity contribution in [2.24, 2.45) is 5.92 Å². The molecule has 7 nitrogen and oxygen atoms in total. The third kappa shape index (κ3) is 4.89. The van der Waals surface area contributed by atoms with Gasteiger partial charge in [-0.15, -0.1) is 0 Å². The van der Waals surface area contributed by atoms with E-state index < -0.39 is 0 Å². The normalized spacial score (nSPS) is 14.3. The van der Waals surface area contributed by atoms with Crippen molar-refractivity contribution in [3.63, 3.8) is 0 Å². The Morgan fingerprint density at radius 1 is 1.03 bits per heavy atom. The van der Waals surface area contributed by atoms with Gasteiger partial charge >= 0.3 is 0 Å². The Morgan fingerprint density at radius 3 is 2.62 bits per heavy atom. The molecule has 0 spiro atoms. The Hall–Kier alpha value is -3.45. The van der Waals surface area contributed by atoms with Crippen LogP contribution in [0.1, 0.15) is 23.2 Å². The Bertz CT molecular complexity index is 1090. The highest BCUT2D eigenvalue weighted by atomic mass is 16.5. The van der Waals surface area contributed by atoms with Crippen molar-refractivity contribution >= 4 is 28.3 Å². The molecule has 0 aliphatic carbocycles. The number of carbonyl (C=O) groups is 2. The zero-order chi connectivity index (χ0) is 22.3.